The Bertz CT molecular complexity index is 1910. The molecule has 3 heterocycles. The maximum Gasteiger partial charge on any atom is 0.416 e. The number of fused-ring (bicyclic) bond motifs is 1. The van der Waals surface area contributed by atoms with Gasteiger partial charge >= 0.3 is 6.18 Å². The summed E-state index contributed by atoms with van der Waals surface area (Å²) in [6.45, 7) is 7.15. The van der Waals surface area contributed by atoms with Gasteiger partial charge in [0.05, 0.1) is 41.4 Å². The minimum absolute atomic E-state index is 0.00607. The number of nitrogens with zero attached hydrogens (tertiary/aromatic N) is 4. The lowest BCUT2D eigenvalue weighted by atomic mass is 9.84. The number of hydrogen-bond acceptors (Lipinski definition) is 6. The Kier molecular flexibility index (Phi) is 7.72. The first kappa shape index (κ1) is 30.4. The number of ether oxygens (including phenoxy) is 1. The van der Waals surface area contributed by atoms with Crippen molar-refractivity contribution in [1.82, 2.24) is 14.7 Å². The number of morpholine rings is 1. The van der Waals surface area contributed by atoms with Gasteiger partial charge in [-0.1, -0.05) is 29.4 Å². The molecule has 1 atom stereocenters. The summed E-state index contributed by atoms with van der Waals surface area (Å²) in [4.78, 5) is 20.2. The summed E-state index contributed by atoms with van der Waals surface area (Å²) in [5.74, 6) is -0.875. The van der Waals surface area contributed by atoms with E-state index < -0.39 is 40.3 Å². The van der Waals surface area contributed by atoms with Crippen LogP contribution in [0.2, 0.25) is 0 Å². The Labute approximate surface area is 254 Å². The number of benzene rings is 3. The summed E-state index contributed by atoms with van der Waals surface area (Å²) in [6.07, 6.45) is -2.99. The molecule has 1 saturated heterocycles. The lowest BCUT2D eigenvalue weighted by Crippen LogP contribution is -2.36. The van der Waals surface area contributed by atoms with Crippen LogP contribution in [0.1, 0.15) is 49.3 Å². The molecule has 6 rings (SSSR count). The van der Waals surface area contributed by atoms with Crippen LogP contribution in [-0.4, -0.2) is 41.0 Å². The number of anilines is 1. The van der Waals surface area contributed by atoms with E-state index in [9.17, 15) is 22.4 Å². The lowest BCUT2D eigenvalue weighted by molar-refractivity contribution is -0.137. The van der Waals surface area contributed by atoms with Gasteiger partial charge in [0.15, 0.2) is 5.82 Å². The third-order valence-electron chi connectivity index (χ3n) is 8.37. The van der Waals surface area contributed by atoms with E-state index in [4.69, 9.17) is 9.26 Å². The maximum atomic E-state index is 15.6. The molecule has 7 nitrogen and oxygen atoms in total. The van der Waals surface area contributed by atoms with Crippen molar-refractivity contribution < 1.29 is 31.2 Å². The minimum Gasteiger partial charge on any atom is -0.378 e. The number of alkyl halides is 3. The molecule has 0 amide bonds. The van der Waals surface area contributed by atoms with E-state index in [1.54, 1.807) is 29.7 Å². The molecule has 0 aliphatic carbocycles. The Balaban J connectivity index is 1.50. The van der Waals surface area contributed by atoms with Gasteiger partial charge in [0.2, 0.25) is 5.43 Å². The average molecular weight is 625 g/mol. The fourth-order valence-electron chi connectivity index (χ4n) is 5.57. The van der Waals surface area contributed by atoms with Crippen LogP contribution in [0.4, 0.5) is 27.6 Å². The first-order valence-corrected chi connectivity index (χ1v) is 14.3. The smallest absolute Gasteiger partial charge is 0.378 e. The van der Waals surface area contributed by atoms with Gasteiger partial charge in [0, 0.05) is 24.7 Å². The molecule has 0 spiro atoms. The van der Waals surface area contributed by atoms with E-state index in [-0.39, 0.29) is 28.4 Å². The highest BCUT2D eigenvalue weighted by atomic mass is 19.4. The van der Waals surface area contributed by atoms with Crippen LogP contribution in [-0.2, 0) is 16.3 Å². The Morgan fingerprint density at radius 1 is 0.911 bits per heavy atom. The van der Waals surface area contributed by atoms with Crippen LogP contribution in [0.5, 0.6) is 0 Å². The fourth-order valence-corrected chi connectivity index (χ4v) is 5.57. The van der Waals surface area contributed by atoms with Gasteiger partial charge < -0.3 is 18.7 Å². The standard InChI is InChI=1S/C33H29F5N4O3/c1-19(20-4-6-22(7-5-20)33(36,37)38)42-18-25(30-39-31(40-45-30)32(2,3)21-8-10-23(34)11-9-21)29(43)24-16-26(35)28(17-27(24)42)41-12-14-44-15-13-41/h4-11,16-19H,12-15H2,1-3H3. The van der Waals surface area contributed by atoms with Crippen molar-refractivity contribution >= 4 is 16.6 Å². The predicted octanol–water partition coefficient (Wildman–Crippen LogP) is 7.12. The van der Waals surface area contributed by atoms with E-state index in [1.807, 2.05) is 18.7 Å². The molecule has 45 heavy (non-hydrogen) atoms. The molecule has 1 fully saturated rings. The highest BCUT2D eigenvalue weighted by molar-refractivity contribution is 5.86. The lowest BCUT2D eigenvalue weighted by Gasteiger charge is -2.30. The zero-order chi connectivity index (χ0) is 32.1. The number of aromatic nitrogens is 3. The molecule has 3 aromatic carbocycles. The van der Waals surface area contributed by atoms with Crippen molar-refractivity contribution in [3.05, 3.63) is 111 Å². The second kappa shape index (κ2) is 11.4. The molecule has 1 unspecified atom stereocenters. The normalized spacial score (nSPS) is 15.1. The SMILES string of the molecule is CC(c1ccc(C(F)(F)F)cc1)n1cc(-c2nc(C(C)(C)c3ccc(F)cc3)no2)c(=O)c2cc(F)c(N3CCOCC3)cc21. The summed E-state index contributed by atoms with van der Waals surface area (Å²) in [5, 5.41) is 4.16. The summed E-state index contributed by atoms with van der Waals surface area (Å²) < 4.78 is 81.7. The molecule has 0 saturated carbocycles. The summed E-state index contributed by atoms with van der Waals surface area (Å²) in [6, 6.07) is 12.8. The van der Waals surface area contributed by atoms with Gasteiger partial charge in [-0.3, -0.25) is 4.79 Å². The van der Waals surface area contributed by atoms with Gasteiger partial charge in [-0.15, -0.1) is 0 Å². The Hall–Kier alpha value is -4.58. The number of hydrogen-bond donors (Lipinski definition) is 0. The van der Waals surface area contributed by atoms with Crippen molar-refractivity contribution in [2.75, 3.05) is 31.2 Å². The molecule has 2 aromatic heterocycles. The van der Waals surface area contributed by atoms with Crippen molar-refractivity contribution in [1.29, 1.82) is 0 Å². The molecule has 234 valence electrons. The molecule has 0 radical (unpaired) electrons. The van der Waals surface area contributed by atoms with Gasteiger partial charge in [-0.2, -0.15) is 18.2 Å². The van der Waals surface area contributed by atoms with E-state index in [2.05, 4.69) is 10.1 Å². The predicted molar refractivity (Wildman–Crippen MR) is 158 cm³/mol. The quantitative estimate of drug-likeness (QED) is 0.187. The Morgan fingerprint density at radius 2 is 1.56 bits per heavy atom. The van der Waals surface area contributed by atoms with Crippen LogP contribution in [0.25, 0.3) is 22.4 Å². The van der Waals surface area contributed by atoms with Crippen LogP contribution < -0.4 is 10.3 Å². The van der Waals surface area contributed by atoms with Gasteiger partial charge in [-0.05, 0) is 68.3 Å². The third-order valence-corrected chi connectivity index (χ3v) is 8.37. The number of pyridine rings is 1. The summed E-state index contributed by atoms with van der Waals surface area (Å²) >= 11 is 0. The van der Waals surface area contributed by atoms with Crippen molar-refractivity contribution in [2.45, 2.75) is 38.4 Å². The topological polar surface area (TPSA) is 73.4 Å². The van der Waals surface area contributed by atoms with Crippen molar-refractivity contribution in [3.63, 3.8) is 0 Å². The molecule has 1 aliphatic heterocycles. The highest BCUT2D eigenvalue weighted by Gasteiger charge is 2.32. The molecule has 0 N–H and O–H groups in total. The van der Waals surface area contributed by atoms with Crippen molar-refractivity contribution in [2.24, 2.45) is 0 Å². The summed E-state index contributed by atoms with van der Waals surface area (Å²) in [5.41, 5.74) is -0.268. The van der Waals surface area contributed by atoms with Gasteiger partial charge in [-0.25, -0.2) is 8.78 Å². The van der Waals surface area contributed by atoms with Crippen LogP contribution in [0.3, 0.4) is 0 Å². The van der Waals surface area contributed by atoms with Gasteiger partial charge in [0.25, 0.3) is 5.89 Å². The average Bonchev–Trinajstić information content (AvgIpc) is 3.52. The van der Waals surface area contributed by atoms with Crippen LogP contribution >= 0.6 is 0 Å². The first-order valence-electron chi connectivity index (χ1n) is 14.3. The maximum absolute atomic E-state index is 15.6. The Morgan fingerprint density at radius 3 is 2.20 bits per heavy atom. The number of rotatable bonds is 6. The molecule has 0 bridgehead atoms. The van der Waals surface area contributed by atoms with E-state index in [1.165, 1.54) is 36.5 Å². The number of halogens is 5. The molecule has 12 heteroatoms. The fraction of sp³-hybridized carbons (Fsp3) is 0.303. The zero-order valence-corrected chi connectivity index (χ0v) is 24.7. The van der Waals surface area contributed by atoms with E-state index >= 15 is 4.39 Å². The van der Waals surface area contributed by atoms with Crippen molar-refractivity contribution in [3.8, 4) is 11.5 Å². The first-order chi connectivity index (χ1) is 21.3. The molecule has 5 aromatic rings. The second-order valence-corrected chi connectivity index (χ2v) is 11.6. The van der Waals surface area contributed by atoms with Gasteiger partial charge in [0.1, 0.15) is 17.2 Å². The van der Waals surface area contributed by atoms with Crippen LogP contribution in [0.15, 0.2) is 76.2 Å². The summed E-state index contributed by atoms with van der Waals surface area (Å²) in [7, 11) is 0. The van der Waals surface area contributed by atoms with Crippen LogP contribution in [0, 0.1) is 11.6 Å². The zero-order valence-electron chi connectivity index (χ0n) is 24.7. The minimum atomic E-state index is -4.50. The monoisotopic (exact) mass is 624 g/mol. The third kappa shape index (κ3) is 5.70. The van der Waals surface area contributed by atoms with E-state index in [0.29, 0.717) is 42.9 Å². The molecule has 1 aliphatic rings. The largest absolute Gasteiger partial charge is 0.416 e. The highest BCUT2D eigenvalue weighted by Crippen LogP contribution is 2.35. The van der Waals surface area contributed by atoms with E-state index in [0.717, 1.165) is 12.1 Å². The molecular weight excluding hydrogens is 595 g/mol. The second-order valence-electron chi connectivity index (χ2n) is 11.6. The molecular formula is C33H29F5N4O3.